The second kappa shape index (κ2) is 13.7. The first kappa shape index (κ1) is 32.2. The van der Waals surface area contributed by atoms with Gasteiger partial charge in [0.1, 0.15) is 11.5 Å². The molecule has 0 aliphatic rings. The van der Waals surface area contributed by atoms with Gasteiger partial charge in [-0.2, -0.15) is 0 Å². The van der Waals surface area contributed by atoms with E-state index in [0.29, 0.717) is 22.5 Å². The molecule has 6 N–H and O–H groups in total. The van der Waals surface area contributed by atoms with Crippen LogP contribution in [0.3, 0.4) is 0 Å². The van der Waals surface area contributed by atoms with Gasteiger partial charge in [0.25, 0.3) is 5.91 Å². The second-order valence-electron chi connectivity index (χ2n) is 10.9. The average molecular weight is 609 g/mol. The predicted octanol–water partition coefficient (Wildman–Crippen LogP) is 5.86. The molecule has 11 heteroatoms. The zero-order valence-electron chi connectivity index (χ0n) is 24.2. The number of aliphatic hydroxyl groups is 2. The maximum atomic E-state index is 14.7. The number of hydrogen-bond donors (Lipinski definition) is 6. The number of anilines is 1. The number of halogens is 2. The van der Waals surface area contributed by atoms with Crippen molar-refractivity contribution in [3.05, 3.63) is 89.6 Å². The van der Waals surface area contributed by atoms with E-state index in [1.165, 1.54) is 18.2 Å². The highest BCUT2D eigenvalue weighted by Gasteiger charge is 2.31. The molecule has 1 heterocycles. The molecule has 0 unspecified atom stereocenters. The molecule has 0 aliphatic carbocycles. The van der Waals surface area contributed by atoms with Crippen molar-refractivity contribution >= 4 is 17.6 Å². The third-order valence-electron chi connectivity index (χ3n) is 7.20. The summed E-state index contributed by atoms with van der Waals surface area (Å²) < 4.78 is 30.5. The van der Waals surface area contributed by atoms with E-state index < -0.39 is 42.1 Å². The van der Waals surface area contributed by atoms with Gasteiger partial charge in [-0.05, 0) is 54.7 Å². The van der Waals surface area contributed by atoms with Crippen LogP contribution in [-0.4, -0.2) is 54.2 Å². The van der Waals surface area contributed by atoms with Crippen LogP contribution in [0.5, 0.6) is 11.5 Å². The minimum atomic E-state index is -1.28. The van der Waals surface area contributed by atoms with Gasteiger partial charge < -0.3 is 35.4 Å². The van der Waals surface area contributed by atoms with Crippen molar-refractivity contribution in [3.63, 3.8) is 0 Å². The Morgan fingerprint density at radius 1 is 0.886 bits per heavy atom. The molecule has 0 fully saturated rings. The van der Waals surface area contributed by atoms with E-state index in [4.69, 9.17) is 5.11 Å². The van der Waals surface area contributed by atoms with Crippen LogP contribution in [0.15, 0.2) is 66.7 Å². The molecule has 3 aromatic carbocycles. The lowest BCUT2D eigenvalue weighted by molar-refractivity contribution is -0.139. The highest BCUT2D eigenvalue weighted by molar-refractivity contribution is 6.13. The summed E-state index contributed by atoms with van der Waals surface area (Å²) in [5, 5.41) is 52.5. The number of carbonyl (C=O) groups excluding carboxylic acids is 1. The van der Waals surface area contributed by atoms with Crippen LogP contribution in [-0.2, 0) is 11.3 Å². The number of nitrogens with one attached hydrogen (secondary N) is 1. The molecule has 44 heavy (non-hydrogen) atoms. The molecule has 0 radical (unpaired) electrons. The van der Waals surface area contributed by atoms with Gasteiger partial charge in [-0.25, -0.2) is 8.78 Å². The van der Waals surface area contributed by atoms with Crippen LogP contribution in [0.25, 0.3) is 22.4 Å². The number of aromatic hydroxyl groups is 2. The van der Waals surface area contributed by atoms with Crippen molar-refractivity contribution in [1.82, 2.24) is 4.57 Å². The molecule has 4 aromatic rings. The first-order valence-corrected chi connectivity index (χ1v) is 14.1. The van der Waals surface area contributed by atoms with Crippen molar-refractivity contribution in [3.8, 4) is 33.9 Å². The Balaban J connectivity index is 1.94. The molecule has 4 rings (SSSR count). The topological polar surface area (TPSA) is 152 Å². The lowest BCUT2D eigenvalue weighted by Crippen LogP contribution is -2.22. The quantitative estimate of drug-likeness (QED) is 0.0870. The average Bonchev–Trinajstić information content (AvgIpc) is 3.30. The molecule has 0 spiro atoms. The number of aliphatic carboxylic acids is 1. The van der Waals surface area contributed by atoms with Gasteiger partial charge in [0.15, 0.2) is 11.6 Å². The molecule has 232 valence electrons. The SMILES string of the molecule is CC(C)c1c(C(=O)Nc2ccc(O)cc2O)c(-c2ccccc2)c(-c2ccc(F)c(F)c2)n1CC[C@@H](O)C[C@@H](O)CC(=O)O. The van der Waals surface area contributed by atoms with E-state index in [1.54, 1.807) is 34.9 Å². The van der Waals surface area contributed by atoms with Gasteiger partial charge >= 0.3 is 5.97 Å². The van der Waals surface area contributed by atoms with Gasteiger partial charge in [-0.1, -0.05) is 44.2 Å². The number of hydrogen-bond acceptors (Lipinski definition) is 6. The standard InChI is InChI=1S/C33H34F2N2O7/c1-18(2)31-30(33(44)36-26-11-9-21(38)16-27(26)41)29(19-6-4-3-5-7-19)32(20-8-10-24(34)25(35)14-20)37(31)13-12-22(39)15-23(40)17-28(42)43/h3-11,14,16,18,22-23,38-41H,12-13,15,17H2,1-2H3,(H,36,44)(H,42,43)/t22-,23-/m1/s1. The summed E-state index contributed by atoms with van der Waals surface area (Å²) in [5.41, 5.74) is 2.35. The summed E-state index contributed by atoms with van der Waals surface area (Å²) in [6.45, 7) is 3.76. The smallest absolute Gasteiger partial charge is 0.305 e. The summed E-state index contributed by atoms with van der Waals surface area (Å²) >= 11 is 0. The highest BCUT2D eigenvalue weighted by atomic mass is 19.2. The summed E-state index contributed by atoms with van der Waals surface area (Å²) in [5.74, 6) is -4.87. The summed E-state index contributed by atoms with van der Waals surface area (Å²) in [6, 6.07) is 16.0. The molecular formula is C33H34F2N2O7. The van der Waals surface area contributed by atoms with E-state index in [1.807, 2.05) is 13.8 Å². The minimum absolute atomic E-state index is 0.0338. The van der Waals surface area contributed by atoms with Crippen LogP contribution in [0.4, 0.5) is 14.5 Å². The van der Waals surface area contributed by atoms with E-state index in [-0.39, 0.29) is 53.6 Å². The van der Waals surface area contributed by atoms with Crippen molar-refractivity contribution in [2.24, 2.45) is 0 Å². The molecule has 0 aliphatic heterocycles. The summed E-state index contributed by atoms with van der Waals surface area (Å²) in [4.78, 5) is 25.1. The van der Waals surface area contributed by atoms with Gasteiger partial charge in [0, 0.05) is 29.4 Å². The van der Waals surface area contributed by atoms with Crippen molar-refractivity contribution < 1.29 is 43.9 Å². The Bertz CT molecular complexity index is 1650. The molecule has 0 saturated carbocycles. The number of carboxylic acid groups (broad SMARTS) is 1. The fourth-order valence-corrected chi connectivity index (χ4v) is 5.33. The number of aliphatic hydroxyl groups excluding tert-OH is 2. The van der Waals surface area contributed by atoms with Crippen LogP contribution >= 0.6 is 0 Å². The van der Waals surface area contributed by atoms with Gasteiger partial charge in [0.05, 0.1) is 35.6 Å². The molecule has 1 amide bonds. The van der Waals surface area contributed by atoms with Crippen molar-refractivity contribution in [2.75, 3.05) is 5.32 Å². The Kier molecular flexibility index (Phi) is 10.0. The normalized spacial score (nSPS) is 12.7. The Labute approximate surface area is 252 Å². The van der Waals surface area contributed by atoms with Crippen LogP contribution in [0, 0.1) is 11.6 Å². The first-order valence-electron chi connectivity index (χ1n) is 14.1. The van der Waals surface area contributed by atoms with Crippen LogP contribution < -0.4 is 5.32 Å². The number of amides is 1. The third kappa shape index (κ3) is 7.24. The Morgan fingerprint density at radius 2 is 1.59 bits per heavy atom. The number of benzene rings is 3. The van der Waals surface area contributed by atoms with Gasteiger partial charge in [0.2, 0.25) is 0 Å². The van der Waals surface area contributed by atoms with E-state index in [9.17, 15) is 38.8 Å². The maximum Gasteiger partial charge on any atom is 0.305 e. The van der Waals surface area contributed by atoms with E-state index >= 15 is 0 Å². The lowest BCUT2D eigenvalue weighted by Gasteiger charge is -2.20. The maximum absolute atomic E-state index is 14.7. The number of rotatable bonds is 12. The largest absolute Gasteiger partial charge is 0.508 e. The zero-order valence-corrected chi connectivity index (χ0v) is 24.2. The Morgan fingerprint density at radius 3 is 2.20 bits per heavy atom. The van der Waals surface area contributed by atoms with Crippen LogP contribution in [0.2, 0.25) is 0 Å². The molecular weight excluding hydrogens is 574 g/mol. The van der Waals surface area contributed by atoms with Crippen LogP contribution in [0.1, 0.15) is 55.1 Å². The third-order valence-corrected chi connectivity index (χ3v) is 7.20. The molecule has 9 nitrogen and oxygen atoms in total. The monoisotopic (exact) mass is 608 g/mol. The number of carboxylic acids is 1. The molecule has 2 atom stereocenters. The molecule has 0 bridgehead atoms. The van der Waals surface area contributed by atoms with E-state index in [2.05, 4.69) is 5.32 Å². The molecule has 0 saturated heterocycles. The fourth-order valence-electron chi connectivity index (χ4n) is 5.33. The van der Waals surface area contributed by atoms with Gasteiger partial charge in [-0.3, -0.25) is 9.59 Å². The van der Waals surface area contributed by atoms with Gasteiger partial charge in [-0.15, -0.1) is 0 Å². The lowest BCUT2D eigenvalue weighted by atomic mass is 9.94. The fraction of sp³-hybridized carbons (Fsp3) is 0.273. The van der Waals surface area contributed by atoms with Crippen molar-refractivity contribution in [1.29, 1.82) is 0 Å². The number of aromatic nitrogens is 1. The first-order chi connectivity index (χ1) is 20.9. The number of carbonyl (C=O) groups is 2. The number of phenols is 2. The second-order valence-corrected chi connectivity index (χ2v) is 10.9. The minimum Gasteiger partial charge on any atom is -0.508 e. The summed E-state index contributed by atoms with van der Waals surface area (Å²) in [6.07, 6.45) is -3.10. The number of phenolic OH excluding ortho intramolecular Hbond substituents is 2. The predicted molar refractivity (Wildman–Crippen MR) is 161 cm³/mol. The number of nitrogens with zero attached hydrogens (tertiary/aromatic N) is 1. The van der Waals surface area contributed by atoms with E-state index in [0.717, 1.165) is 18.2 Å². The molecule has 1 aromatic heterocycles. The summed E-state index contributed by atoms with van der Waals surface area (Å²) in [7, 11) is 0. The Hall–Kier alpha value is -4.74. The highest BCUT2D eigenvalue weighted by Crippen LogP contribution is 2.43. The zero-order chi connectivity index (χ0) is 32.1. The van der Waals surface area contributed by atoms with Crippen molar-refractivity contribution in [2.45, 2.75) is 57.8 Å².